The van der Waals surface area contributed by atoms with Gasteiger partial charge >= 0.3 is 0 Å². The Morgan fingerprint density at radius 3 is 2.59 bits per heavy atom. The van der Waals surface area contributed by atoms with Crippen LogP contribution in [0.4, 0.5) is 5.82 Å². The molecule has 2 heterocycles. The van der Waals surface area contributed by atoms with Crippen LogP contribution in [0.1, 0.15) is 11.1 Å². The maximum Gasteiger partial charge on any atom is 0.229 e. The molecule has 2 aromatic heterocycles. The third-order valence-electron chi connectivity index (χ3n) is 4.30. The zero-order valence-electron chi connectivity index (χ0n) is 14.9. The average molecular weight is 354 g/mol. The average Bonchev–Trinajstić information content (AvgIpc) is 2.70. The number of benzene rings is 2. The number of nitrogens with zero attached hydrogens (tertiary/aromatic N) is 3. The lowest BCUT2D eigenvalue weighted by Gasteiger charge is -2.09. The molecule has 4 aromatic rings. The van der Waals surface area contributed by atoms with E-state index in [0.717, 1.165) is 21.9 Å². The first-order chi connectivity index (χ1) is 13.2. The lowest BCUT2D eigenvalue weighted by molar-refractivity contribution is -0.115. The topological polar surface area (TPSA) is 67.8 Å². The summed E-state index contributed by atoms with van der Waals surface area (Å²) < 4.78 is 0. The highest BCUT2D eigenvalue weighted by molar-refractivity contribution is 5.93. The van der Waals surface area contributed by atoms with E-state index in [1.807, 2.05) is 61.5 Å². The fourth-order valence-corrected chi connectivity index (χ4v) is 2.90. The minimum absolute atomic E-state index is 0.112. The smallest absolute Gasteiger partial charge is 0.229 e. The standard InChI is InChI=1S/C22H18N4O/c1-15-14-24-22(19-8-4-5-11-23-19)26-21(15)25-20(27)13-16-9-10-17-6-2-3-7-18(17)12-16/h2-12,14H,13H2,1H3,(H,24,25,26,27). The van der Waals surface area contributed by atoms with Crippen molar-refractivity contribution in [2.24, 2.45) is 0 Å². The Kier molecular flexibility index (Phi) is 4.58. The third kappa shape index (κ3) is 3.82. The molecule has 1 amide bonds. The van der Waals surface area contributed by atoms with Gasteiger partial charge in [0.05, 0.1) is 6.42 Å². The molecular weight excluding hydrogens is 336 g/mol. The molecule has 132 valence electrons. The second-order valence-electron chi connectivity index (χ2n) is 6.35. The zero-order chi connectivity index (χ0) is 18.6. The van der Waals surface area contributed by atoms with Crippen LogP contribution < -0.4 is 5.32 Å². The number of aryl methyl sites for hydroxylation is 1. The molecule has 0 saturated carbocycles. The van der Waals surface area contributed by atoms with Gasteiger partial charge in [-0.2, -0.15) is 0 Å². The molecule has 1 N–H and O–H groups in total. The molecule has 4 rings (SSSR count). The molecule has 0 unspecified atom stereocenters. The van der Waals surface area contributed by atoms with Gasteiger partial charge in [0.25, 0.3) is 0 Å². The highest BCUT2D eigenvalue weighted by Gasteiger charge is 2.11. The summed E-state index contributed by atoms with van der Waals surface area (Å²) in [7, 11) is 0. The molecular formula is C22H18N4O. The van der Waals surface area contributed by atoms with Crippen LogP contribution in [-0.2, 0) is 11.2 Å². The number of carbonyl (C=O) groups excluding carboxylic acids is 1. The molecule has 27 heavy (non-hydrogen) atoms. The van der Waals surface area contributed by atoms with Gasteiger partial charge in [0, 0.05) is 18.0 Å². The van der Waals surface area contributed by atoms with Gasteiger partial charge in [-0.15, -0.1) is 0 Å². The SMILES string of the molecule is Cc1cnc(-c2ccccn2)nc1NC(=O)Cc1ccc2ccccc2c1. The molecule has 0 aliphatic heterocycles. The van der Waals surface area contributed by atoms with E-state index in [4.69, 9.17) is 0 Å². The summed E-state index contributed by atoms with van der Waals surface area (Å²) in [5, 5.41) is 5.18. The van der Waals surface area contributed by atoms with Crippen LogP contribution in [-0.4, -0.2) is 20.9 Å². The van der Waals surface area contributed by atoms with E-state index in [1.54, 1.807) is 12.4 Å². The zero-order valence-corrected chi connectivity index (χ0v) is 14.9. The molecule has 5 heteroatoms. The molecule has 2 aromatic carbocycles. The summed E-state index contributed by atoms with van der Waals surface area (Å²) in [4.78, 5) is 25.6. The number of fused-ring (bicyclic) bond motifs is 1. The normalized spacial score (nSPS) is 10.7. The number of hydrogen-bond donors (Lipinski definition) is 1. The second kappa shape index (κ2) is 7.33. The van der Waals surface area contributed by atoms with Crippen molar-refractivity contribution in [2.75, 3.05) is 5.32 Å². The number of amides is 1. The highest BCUT2D eigenvalue weighted by Crippen LogP contribution is 2.19. The number of pyridine rings is 1. The third-order valence-corrected chi connectivity index (χ3v) is 4.30. The lowest BCUT2D eigenvalue weighted by Crippen LogP contribution is -2.16. The van der Waals surface area contributed by atoms with E-state index in [2.05, 4.69) is 26.3 Å². The van der Waals surface area contributed by atoms with Crippen molar-refractivity contribution in [1.29, 1.82) is 0 Å². The van der Waals surface area contributed by atoms with Crippen molar-refractivity contribution in [2.45, 2.75) is 13.3 Å². The van der Waals surface area contributed by atoms with Crippen molar-refractivity contribution in [3.8, 4) is 11.5 Å². The summed E-state index contributed by atoms with van der Waals surface area (Å²) in [6, 6.07) is 19.7. The maximum atomic E-state index is 12.5. The van der Waals surface area contributed by atoms with E-state index in [0.29, 0.717) is 17.3 Å². The van der Waals surface area contributed by atoms with Crippen molar-refractivity contribution >= 4 is 22.5 Å². The number of nitrogens with one attached hydrogen (secondary N) is 1. The second-order valence-corrected chi connectivity index (χ2v) is 6.35. The molecule has 0 aliphatic rings. The van der Waals surface area contributed by atoms with Crippen LogP contribution in [0, 0.1) is 6.92 Å². The van der Waals surface area contributed by atoms with Crippen LogP contribution in [0.15, 0.2) is 73.1 Å². The first-order valence-corrected chi connectivity index (χ1v) is 8.71. The molecule has 0 saturated heterocycles. The van der Waals surface area contributed by atoms with Crippen molar-refractivity contribution in [1.82, 2.24) is 15.0 Å². The molecule has 0 radical (unpaired) electrons. The Morgan fingerprint density at radius 2 is 1.78 bits per heavy atom. The monoisotopic (exact) mass is 354 g/mol. The Balaban J connectivity index is 1.53. The van der Waals surface area contributed by atoms with E-state index < -0.39 is 0 Å². The van der Waals surface area contributed by atoms with Crippen LogP contribution in [0.3, 0.4) is 0 Å². The number of rotatable bonds is 4. The number of anilines is 1. The van der Waals surface area contributed by atoms with Crippen LogP contribution >= 0.6 is 0 Å². The van der Waals surface area contributed by atoms with Gasteiger partial charge in [0.2, 0.25) is 5.91 Å². The van der Waals surface area contributed by atoms with Crippen LogP contribution in [0.2, 0.25) is 0 Å². The predicted octanol–water partition coefficient (Wildman–Crippen LogP) is 4.18. The van der Waals surface area contributed by atoms with E-state index in [1.165, 1.54) is 0 Å². The molecule has 0 spiro atoms. The molecule has 0 bridgehead atoms. The van der Waals surface area contributed by atoms with Crippen molar-refractivity contribution in [3.63, 3.8) is 0 Å². The van der Waals surface area contributed by atoms with E-state index >= 15 is 0 Å². The predicted molar refractivity (Wildman–Crippen MR) is 106 cm³/mol. The van der Waals surface area contributed by atoms with Crippen molar-refractivity contribution < 1.29 is 4.79 Å². The van der Waals surface area contributed by atoms with Crippen LogP contribution in [0.5, 0.6) is 0 Å². The van der Waals surface area contributed by atoms with Gasteiger partial charge < -0.3 is 5.32 Å². The Bertz CT molecular complexity index is 1110. The summed E-state index contributed by atoms with van der Waals surface area (Å²) >= 11 is 0. The van der Waals surface area contributed by atoms with Gasteiger partial charge in [-0.1, -0.05) is 48.5 Å². The largest absolute Gasteiger partial charge is 0.310 e. The van der Waals surface area contributed by atoms with Gasteiger partial charge in [0.15, 0.2) is 5.82 Å². The molecule has 5 nitrogen and oxygen atoms in total. The number of hydrogen-bond acceptors (Lipinski definition) is 4. The molecule has 0 fully saturated rings. The fourth-order valence-electron chi connectivity index (χ4n) is 2.90. The number of aromatic nitrogens is 3. The molecule has 0 aliphatic carbocycles. The van der Waals surface area contributed by atoms with Gasteiger partial charge in [-0.25, -0.2) is 9.97 Å². The fraction of sp³-hybridized carbons (Fsp3) is 0.0909. The molecule has 0 atom stereocenters. The Morgan fingerprint density at radius 1 is 0.963 bits per heavy atom. The highest BCUT2D eigenvalue weighted by atomic mass is 16.1. The summed E-state index contributed by atoms with van der Waals surface area (Å²) in [6.45, 7) is 1.87. The quantitative estimate of drug-likeness (QED) is 0.597. The van der Waals surface area contributed by atoms with Gasteiger partial charge in [-0.3, -0.25) is 9.78 Å². The number of carbonyl (C=O) groups is 1. The first-order valence-electron chi connectivity index (χ1n) is 8.71. The minimum Gasteiger partial charge on any atom is -0.310 e. The minimum atomic E-state index is -0.112. The van der Waals surface area contributed by atoms with Crippen molar-refractivity contribution in [3.05, 3.63) is 84.2 Å². The summed E-state index contributed by atoms with van der Waals surface area (Å²) in [5.41, 5.74) is 2.44. The summed E-state index contributed by atoms with van der Waals surface area (Å²) in [5.74, 6) is 0.887. The van der Waals surface area contributed by atoms with E-state index in [-0.39, 0.29) is 12.3 Å². The van der Waals surface area contributed by atoms with Crippen LogP contribution in [0.25, 0.3) is 22.3 Å². The van der Waals surface area contributed by atoms with Gasteiger partial charge in [0.1, 0.15) is 11.5 Å². The Labute approximate surface area is 157 Å². The summed E-state index contributed by atoms with van der Waals surface area (Å²) in [6.07, 6.45) is 3.67. The van der Waals surface area contributed by atoms with E-state index in [9.17, 15) is 4.79 Å². The van der Waals surface area contributed by atoms with Gasteiger partial charge in [-0.05, 0) is 35.4 Å². The Hall–Kier alpha value is -3.60. The maximum absolute atomic E-state index is 12.5. The first kappa shape index (κ1) is 16.8. The lowest BCUT2D eigenvalue weighted by atomic mass is 10.0.